The fourth-order valence-corrected chi connectivity index (χ4v) is 2.13. The highest BCUT2D eigenvalue weighted by atomic mass is 32.2. The molecule has 0 atom stereocenters. The van der Waals surface area contributed by atoms with Gasteiger partial charge in [-0.15, -0.1) is 0 Å². The lowest BCUT2D eigenvalue weighted by atomic mass is 10.2. The van der Waals surface area contributed by atoms with Crippen molar-refractivity contribution in [3.05, 3.63) is 28.3 Å². The van der Waals surface area contributed by atoms with Crippen molar-refractivity contribution in [1.29, 1.82) is 0 Å². The van der Waals surface area contributed by atoms with Crippen LogP contribution in [0.1, 0.15) is 6.92 Å². The smallest absolute Gasteiger partial charge is 0.273 e. The molecular weight excluding hydrogens is 284 g/mol. The highest BCUT2D eigenvalue weighted by Gasteiger charge is 2.11. The molecular formula is C11H18N4O4S. The lowest BCUT2D eigenvalue weighted by Crippen LogP contribution is -2.26. The molecule has 0 aliphatic rings. The van der Waals surface area contributed by atoms with E-state index in [1.54, 1.807) is 6.07 Å². The predicted octanol–water partition coefficient (Wildman–Crippen LogP) is 0.988. The molecule has 0 radical (unpaired) electrons. The van der Waals surface area contributed by atoms with Crippen LogP contribution in [0.25, 0.3) is 0 Å². The number of nitro benzene ring substituents is 1. The summed E-state index contributed by atoms with van der Waals surface area (Å²) in [5.41, 5.74) is 1.06. The van der Waals surface area contributed by atoms with E-state index in [9.17, 15) is 18.5 Å². The molecule has 0 aliphatic carbocycles. The van der Waals surface area contributed by atoms with Crippen molar-refractivity contribution >= 4 is 27.1 Å². The van der Waals surface area contributed by atoms with E-state index < -0.39 is 14.9 Å². The molecule has 1 aromatic carbocycles. The molecule has 0 bridgehead atoms. The third-order valence-corrected chi connectivity index (χ3v) is 3.88. The lowest BCUT2D eigenvalue weighted by Gasteiger charge is -2.09. The van der Waals surface area contributed by atoms with Gasteiger partial charge in [0.1, 0.15) is 0 Å². The first-order valence-electron chi connectivity index (χ1n) is 6.06. The van der Waals surface area contributed by atoms with Crippen molar-refractivity contribution in [3.63, 3.8) is 0 Å². The molecule has 0 saturated heterocycles. The molecule has 1 aromatic rings. The van der Waals surface area contributed by atoms with E-state index in [-0.39, 0.29) is 18.0 Å². The van der Waals surface area contributed by atoms with Crippen LogP contribution in [0.5, 0.6) is 0 Å². The minimum absolute atomic E-state index is 0.0533. The number of hydrogen-bond donors (Lipinski definition) is 3. The molecule has 3 N–H and O–H groups in total. The molecule has 8 nitrogen and oxygen atoms in total. The van der Waals surface area contributed by atoms with Crippen LogP contribution >= 0.6 is 0 Å². The summed E-state index contributed by atoms with van der Waals surface area (Å²) in [5.74, 6) is -0.108. The van der Waals surface area contributed by atoms with Crippen LogP contribution in [-0.4, -0.2) is 39.2 Å². The average molecular weight is 302 g/mol. The summed E-state index contributed by atoms with van der Waals surface area (Å²) >= 11 is 0. The van der Waals surface area contributed by atoms with E-state index in [0.29, 0.717) is 17.9 Å². The largest absolute Gasteiger partial charge is 0.385 e. The minimum atomic E-state index is -3.30. The minimum Gasteiger partial charge on any atom is -0.385 e. The topological polar surface area (TPSA) is 113 Å². The monoisotopic (exact) mass is 302 g/mol. The Morgan fingerprint density at radius 1 is 1.20 bits per heavy atom. The highest BCUT2D eigenvalue weighted by Crippen LogP contribution is 2.24. The van der Waals surface area contributed by atoms with Crippen molar-refractivity contribution in [3.8, 4) is 0 Å². The van der Waals surface area contributed by atoms with Crippen molar-refractivity contribution in [2.75, 3.05) is 36.5 Å². The summed E-state index contributed by atoms with van der Waals surface area (Å²) in [6.45, 7) is 2.68. The van der Waals surface area contributed by atoms with Gasteiger partial charge in [0.15, 0.2) is 0 Å². The maximum absolute atomic E-state index is 11.3. The standard InChI is InChI=1S/C11H18N4O4S/c1-3-13-9-6-10(8-11(7-9)15(16)17)14-4-5-20(18,19)12-2/h6-8,12-14H,3-5H2,1-2H3. The van der Waals surface area contributed by atoms with Gasteiger partial charge in [-0.05, 0) is 20.0 Å². The third-order valence-electron chi connectivity index (χ3n) is 2.52. The van der Waals surface area contributed by atoms with Gasteiger partial charge in [0.05, 0.1) is 10.7 Å². The van der Waals surface area contributed by atoms with Crippen LogP contribution in [0.15, 0.2) is 18.2 Å². The predicted molar refractivity (Wildman–Crippen MR) is 78.6 cm³/mol. The Hall–Kier alpha value is -1.87. The van der Waals surface area contributed by atoms with E-state index in [4.69, 9.17) is 0 Å². The first-order chi connectivity index (χ1) is 9.38. The van der Waals surface area contributed by atoms with Crippen molar-refractivity contribution in [2.45, 2.75) is 6.92 Å². The molecule has 0 saturated carbocycles. The van der Waals surface area contributed by atoms with Gasteiger partial charge in [-0.25, -0.2) is 13.1 Å². The Bertz CT molecular complexity index is 574. The molecule has 0 aliphatic heterocycles. The number of nitrogens with zero attached hydrogens (tertiary/aromatic N) is 1. The van der Waals surface area contributed by atoms with Crippen LogP contribution in [0.4, 0.5) is 17.1 Å². The number of nitrogens with one attached hydrogen (secondary N) is 3. The number of benzene rings is 1. The highest BCUT2D eigenvalue weighted by molar-refractivity contribution is 7.89. The summed E-state index contributed by atoms with van der Waals surface area (Å²) < 4.78 is 24.7. The molecule has 112 valence electrons. The second-order valence-corrected chi connectivity index (χ2v) is 6.05. The Morgan fingerprint density at radius 3 is 2.30 bits per heavy atom. The van der Waals surface area contributed by atoms with Gasteiger partial charge < -0.3 is 10.6 Å². The SMILES string of the molecule is CCNc1cc(NCCS(=O)(=O)NC)cc([N+](=O)[O-])c1. The molecule has 0 heterocycles. The zero-order valence-electron chi connectivity index (χ0n) is 11.3. The summed E-state index contributed by atoms with van der Waals surface area (Å²) in [7, 11) is -1.96. The van der Waals surface area contributed by atoms with E-state index in [2.05, 4.69) is 15.4 Å². The molecule has 0 amide bonds. The van der Waals surface area contributed by atoms with Gasteiger partial charge in [0, 0.05) is 36.6 Å². The Balaban J connectivity index is 2.81. The van der Waals surface area contributed by atoms with E-state index in [1.165, 1.54) is 19.2 Å². The van der Waals surface area contributed by atoms with Gasteiger partial charge in [0.25, 0.3) is 5.69 Å². The van der Waals surface area contributed by atoms with Crippen LogP contribution in [0, 0.1) is 10.1 Å². The number of anilines is 2. The molecule has 0 aromatic heterocycles. The quantitative estimate of drug-likeness (QED) is 0.487. The molecule has 0 unspecified atom stereocenters. The second kappa shape index (κ2) is 7.06. The Kier molecular flexibility index (Phi) is 5.71. The first-order valence-corrected chi connectivity index (χ1v) is 7.71. The van der Waals surface area contributed by atoms with Crippen molar-refractivity contribution in [2.24, 2.45) is 0 Å². The molecule has 1 rings (SSSR count). The Labute approximate surface area is 117 Å². The zero-order chi connectivity index (χ0) is 15.2. The number of nitro groups is 1. The summed E-state index contributed by atoms with van der Waals surface area (Å²) in [6, 6.07) is 4.49. The number of non-ortho nitro benzene ring substituents is 1. The maximum Gasteiger partial charge on any atom is 0.273 e. The normalized spacial score (nSPS) is 11.1. The summed E-state index contributed by atoms with van der Waals surface area (Å²) in [5, 5.41) is 16.7. The van der Waals surface area contributed by atoms with Crippen LogP contribution < -0.4 is 15.4 Å². The van der Waals surface area contributed by atoms with Crippen LogP contribution in [0.2, 0.25) is 0 Å². The first kappa shape index (κ1) is 16.2. The second-order valence-electron chi connectivity index (χ2n) is 4.01. The summed E-state index contributed by atoms with van der Waals surface area (Å²) in [4.78, 5) is 10.3. The average Bonchev–Trinajstić information content (AvgIpc) is 2.38. The van der Waals surface area contributed by atoms with E-state index >= 15 is 0 Å². The fourth-order valence-electron chi connectivity index (χ4n) is 1.56. The molecule has 20 heavy (non-hydrogen) atoms. The van der Waals surface area contributed by atoms with Gasteiger partial charge in [-0.1, -0.05) is 0 Å². The van der Waals surface area contributed by atoms with Gasteiger partial charge in [-0.3, -0.25) is 10.1 Å². The van der Waals surface area contributed by atoms with Gasteiger partial charge in [0.2, 0.25) is 10.0 Å². The van der Waals surface area contributed by atoms with E-state index in [0.717, 1.165) is 0 Å². The Morgan fingerprint density at radius 2 is 1.80 bits per heavy atom. The molecule has 0 spiro atoms. The molecule has 0 fully saturated rings. The third kappa shape index (κ3) is 5.02. The maximum atomic E-state index is 11.3. The number of hydrogen-bond acceptors (Lipinski definition) is 6. The number of rotatable bonds is 8. The van der Waals surface area contributed by atoms with Gasteiger partial charge in [-0.2, -0.15) is 0 Å². The van der Waals surface area contributed by atoms with E-state index in [1.807, 2.05) is 6.92 Å². The van der Waals surface area contributed by atoms with Crippen LogP contribution in [0.3, 0.4) is 0 Å². The fraction of sp³-hybridized carbons (Fsp3) is 0.455. The van der Waals surface area contributed by atoms with Crippen molar-refractivity contribution in [1.82, 2.24) is 4.72 Å². The lowest BCUT2D eigenvalue weighted by molar-refractivity contribution is -0.384. The van der Waals surface area contributed by atoms with Crippen LogP contribution in [-0.2, 0) is 10.0 Å². The number of sulfonamides is 1. The summed E-state index contributed by atoms with van der Waals surface area (Å²) in [6.07, 6.45) is 0. The molecule has 9 heteroatoms. The van der Waals surface area contributed by atoms with Gasteiger partial charge >= 0.3 is 0 Å². The van der Waals surface area contributed by atoms with Crippen molar-refractivity contribution < 1.29 is 13.3 Å². The zero-order valence-corrected chi connectivity index (χ0v) is 12.2.